The van der Waals surface area contributed by atoms with Crippen LogP contribution in [0.15, 0.2) is 47.1 Å². The van der Waals surface area contributed by atoms with Crippen LogP contribution in [0.25, 0.3) is 0 Å². The van der Waals surface area contributed by atoms with Crippen molar-refractivity contribution in [3.05, 3.63) is 47.1 Å². The van der Waals surface area contributed by atoms with E-state index >= 15 is 0 Å². The third-order valence-corrected chi connectivity index (χ3v) is 5.05. The summed E-state index contributed by atoms with van der Waals surface area (Å²) in [5.74, 6) is -0.749. The summed E-state index contributed by atoms with van der Waals surface area (Å²) in [5, 5.41) is 0. The van der Waals surface area contributed by atoms with E-state index in [2.05, 4.69) is 39.5 Å². The lowest BCUT2D eigenvalue weighted by atomic mass is 9.86. The molecule has 1 rings (SSSR count). The molecule has 0 radical (unpaired) electrons. The van der Waals surface area contributed by atoms with Crippen LogP contribution >= 0.6 is 0 Å². The van der Waals surface area contributed by atoms with Crippen LogP contribution in [0.1, 0.15) is 73.1 Å². The lowest BCUT2D eigenvalue weighted by Crippen LogP contribution is -2.28. The molecule has 0 amide bonds. The second kappa shape index (κ2) is 12.4. The molecular formula is C24H36O4. The first-order chi connectivity index (χ1) is 13.2. The van der Waals surface area contributed by atoms with Gasteiger partial charge in [0.05, 0.1) is 0 Å². The topological polar surface area (TPSA) is 52.6 Å². The summed E-state index contributed by atoms with van der Waals surface area (Å²) in [7, 11) is 0. The Morgan fingerprint density at radius 3 is 2.11 bits per heavy atom. The van der Waals surface area contributed by atoms with E-state index in [0.717, 1.165) is 44.1 Å². The zero-order valence-corrected chi connectivity index (χ0v) is 18.2. The maximum Gasteiger partial charge on any atom is 0.303 e. The van der Waals surface area contributed by atoms with E-state index in [1.807, 2.05) is 6.08 Å². The van der Waals surface area contributed by atoms with Gasteiger partial charge in [0, 0.05) is 19.8 Å². The van der Waals surface area contributed by atoms with E-state index in [0.29, 0.717) is 0 Å². The highest BCUT2D eigenvalue weighted by Crippen LogP contribution is 2.28. The highest BCUT2D eigenvalue weighted by atomic mass is 16.5. The molecule has 0 fully saturated rings. The first-order valence-corrected chi connectivity index (χ1v) is 10.2. The van der Waals surface area contributed by atoms with Gasteiger partial charge in [0.2, 0.25) is 0 Å². The Morgan fingerprint density at radius 1 is 0.964 bits per heavy atom. The summed E-state index contributed by atoms with van der Waals surface area (Å²) in [6.45, 7) is 13.5. The van der Waals surface area contributed by atoms with Gasteiger partial charge in [-0.15, -0.1) is 0 Å². The third kappa shape index (κ3) is 9.72. The Labute approximate surface area is 170 Å². The first kappa shape index (κ1) is 23.9. The number of esters is 2. The lowest BCUT2D eigenvalue weighted by Gasteiger charge is -2.27. The lowest BCUT2D eigenvalue weighted by molar-refractivity contribution is -0.147. The van der Waals surface area contributed by atoms with Crippen molar-refractivity contribution in [2.75, 3.05) is 6.61 Å². The second-order valence-electron chi connectivity index (χ2n) is 7.85. The van der Waals surface area contributed by atoms with Crippen LogP contribution in [0.2, 0.25) is 0 Å². The highest BCUT2D eigenvalue weighted by molar-refractivity contribution is 5.66. The van der Waals surface area contributed by atoms with E-state index in [1.165, 1.54) is 30.6 Å². The summed E-state index contributed by atoms with van der Waals surface area (Å²) >= 11 is 0. The average molecular weight is 389 g/mol. The van der Waals surface area contributed by atoms with Crippen molar-refractivity contribution >= 4 is 11.9 Å². The smallest absolute Gasteiger partial charge is 0.303 e. The van der Waals surface area contributed by atoms with Crippen molar-refractivity contribution in [3.8, 4) is 0 Å². The molecule has 0 aromatic rings. The van der Waals surface area contributed by atoms with Crippen molar-refractivity contribution in [2.45, 2.75) is 79.2 Å². The van der Waals surface area contributed by atoms with E-state index < -0.39 is 6.10 Å². The predicted molar refractivity (Wildman–Crippen MR) is 114 cm³/mol. The molecule has 0 saturated heterocycles. The van der Waals surface area contributed by atoms with Crippen LogP contribution in [0, 0.1) is 5.92 Å². The normalized spacial score (nSPS) is 27.7. The molecule has 0 spiro atoms. The second-order valence-corrected chi connectivity index (χ2v) is 7.85. The summed E-state index contributed by atoms with van der Waals surface area (Å²) < 4.78 is 10.8. The van der Waals surface area contributed by atoms with Gasteiger partial charge in [-0.3, -0.25) is 9.59 Å². The van der Waals surface area contributed by atoms with Gasteiger partial charge in [-0.25, -0.2) is 0 Å². The molecule has 4 heteroatoms. The average Bonchev–Trinajstić information content (AvgIpc) is 2.58. The minimum absolute atomic E-state index is 0.0956. The van der Waals surface area contributed by atoms with E-state index in [-0.39, 0.29) is 24.5 Å². The van der Waals surface area contributed by atoms with Gasteiger partial charge in [0.25, 0.3) is 0 Å². The van der Waals surface area contributed by atoms with Gasteiger partial charge in [0.15, 0.2) is 0 Å². The zero-order chi connectivity index (χ0) is 21.1. The van der Waals surface area contributed by atoms with E-state index in [9.17, 15) is 9.59 Å². The quantitative estimate of drug-likeness (QED) is 0.448. The van der Waals surface area contributed by atoms with Crippen LogP contribution in [0.5, 0.6) is 0 Å². The van der Waals surface area contributed by atoms with Gasteiger partial charge >= 0.3 is 11.9 Å². The molecule has 2 atom stereocenters. The Kier molecular flexibility index (Phi) is 10.6. The van der Waals surface area contributed by atoms with Gasteiger partial charge in [-0.2, -0.15) is 0 Å². The fourth-order valence-corrected chi connectivity index (χ4v) is 3.37. The Balaban J connectivity index is 3.16. The molecule has 0 bridgehead atoms. The largest absolute Gasteiger partial charge is 0.461 e. The van der Waals surface area contributed by atoms with Crippen LogP contribution in [0.3, 0.4) is 0 Å². The molecule has 0 aromatic heterocycles. The van der Waals surface area contributed by atoms with Crippen molar-refractivity contribution in [1.82, 2.24) is 0 Å². The Morgan fingerprint density at radius 2 is 1.54 bits per heavy atom. The minimum Gasteiger partial charge on any atom is -0.461 e. The molecule has 156 valence electrons. The van der Waals surface area contributed by atoms with Crippen LogP contribution < -0.4 is 0 Å². The summed E-state index contributed by atoms with van der Waals surface area (Å²) in [6, 6.07) is 0. The molecule has 0 saturated carbocycles. The Hall–Kier alpha value is -2.10. The van der Waals surface area contributed by atoms with Gasteiger partial charge < -0.3 is 9.47 Å². The zero-order valence-electron chi connectivity index (χ0n) is 18.2. The standard InChI is InChI=1S/C24H36O4/c1-17-9-7-11-18(2)13-14-23(20(4)16-27-21(5)25)24(28-22(6)26)15-19(3)12-8-10-17/h10-11,15,23-24H,4,7-9,12-14,16H2,1-3,5-6H3/b17-10+,18-11+,19-15+/t23?,24-/m0/s1. The maximum absolute atomic E-state index is 11.7. The maximum atomic E-state index is 11.7. The van der Waals surface area contributed by atoms with E-state index in [1.54, 1.807) is 0 Å². The van der Waals surface area contributed by atoms with Gasteiger partial charge in [0.1, 0.15) is 12.7 Å². The third-order valence-electron chi connectivity index (χ3n) is 5.05. The van der Waals surface area contributed by atoms with Crippen molar-refractivity contribution in [2.24, 2.45) is 5.92 Å². The molecule has 1 unspecified atom stereocenters. The van der Waals surface area contributed by atoms with Crippen LogP contribution in [-0.4, -0.2) is 24.6 Å². The van der Waals surface area contributed by atoms with Crippen molar-refractivity contribution < 1.29 is 19.1 Å². The highest BCUT2D eigenvalue weighted by Gasteiger charge is 2.26. The summed E-state index contributed by atoms with van der Waals surface area (Å²) in [5.41, 5.74) is 4.70. The summed E-state index contributed by atoms with van der Waals surface area (Å²) in [6.07, 6.45) is 11.9. The van der Waals surface area contributed by atoms with Crippen LogP contribution in [-0.2, 0) is 19.1 Å². The van der Waals surface area contributed by atoms with E-state index in [4.69, 9.17) is 9.47 Å². The van der Waals surface area contributed by atoms with Gasteiger partial charge in [-0.05, 0) is 70.9 Å². The summed E-state index contributed by atoms with van der Waals surface area (Å²) in [4.78, 5) is 23.0. The minimum atomic E-state index is -0.402. The number of carbonyl (C=O) groups excluding carboxylic acids is 2. The molecule has 1 aliphatic carbocycles. The molecule has 4 nitrogen and oxygen atoms in total. The molecule has 0 N–H and O–H groups in total. The van der Waals surface area contributed by atoms with Crippen molar-refractivity contribution in [1.29, 1.82) is 0 Å². The number of carbonyl (C=O) groups is 2. The van der Waals surface area contributed by atoms with Gasteiger partial charge in [-0.1, -0.05) is 35.5 Å². The molecule has 28 heavy (non-hydrogen) atoms. The predicted octanol–water partition coefficient (Wildman–Crippen LogP) is 5.85. The first-order valence-electron chi connectivity index (χ1n) is 10.2. The fourth-order valence-electron chi connectivity index (χ4n) is 3.37. The van der Waals surface area contributed by atoms with Crippen molar-refractivity contribution in [3.63, 3.8) is 0 Å². The number of hydrogen-bond acceptors (Lipinski definition) is 4. The Bertz CT molecular complexity index is 652. The molecule has 0 aliphatic heterocycles. The molecule has 0 aromatic carbocycles. The number of ether oxygens (including phenoxy) is 2. The molecule has 0 heterocycles. The van der Waals surface area contributed by atoms with Crippen LogP contribution in [0.4, 0.5) is 0 Å². The SMILES string of the molecule is C=C(COC(C)=O)C1CC/C(C)=C/CC/C(C)=C/CC/C(C)=C/[C@@H]1OC(C)=O. The fraction of sp³-hybridized carbons (Fsp3) is 0.583. The number of hydrogen-bond donors (Lipinski definition) is 0. The molecule has 1 aliphatic rings. The molecular weight excluding hydrogens is 352 g/mol. The number of rotatable bonds is 4. The number of allylic oxidation sites excluding steroid dienone is 5. The monoisotopic (exact) mass is 388 g/mol.